The van der Waals surface area contributed by atoms with Gasteiger partial charge in [-0.15, -0.1) is 0 Å². The SMILES string of the molecule is c1ccc(-c2ccc(-c3ccc(-c4nc(-c5ccccc5)nc(-c5cc6cc(-c7ccccc7)ccc6c6oc7ccccc7c56)n4)cc3)cc2)cc1. The van der Waals surface area contributed by atoms with Crippen LogP contribution in [0.15, 0.2) is 192 Å². The minimum Gasteiger partial charge on any atom is -0.455 e. The molecular weight excluding hydrogens is 647 g/mol. The van der Waals surface area contributed by atoms with Crippen LogP contribution in [0.3, 0.4) is 0 Å². The van der Waals surface area contributed by atoms with Crippen molar-refractivity contribution in [1.29, 1.82) is 0 Å². The minimum atomic E-state index is 0.595. The van der Waals surface area contributed by atoms with Gasteiger partial charge in [-0.1, -0.05) is 164 Å². The Morgan fingerprint density at radius 2 is 0.755 bits per heavy atom. The van der Waals surface area contributed by atoms with Crippen molar-refractivity contribution in [3.05, 3.63) is 188 Å². The second-order valence-corrected chi connectivity index (χ2v) is 13.2. The first-order valence-electron chi connectivity index (χ1n) is 17.8. The Morgan fingerprint density at radius 3 is 1.36 bits per heavy atom. The molecule has 53 heavy (non-hydrogen) atoms. The summed E-state index contributed by atoms with van der Waals surface area (Å²) in [5, 5.41) is 4.12. The second-order valence-electron chi connectivity index (χ2n) is 13.2. The van der Waals surface area contributed by atoms with Gasteiger partial charge < -0.3 is 4.42 Å². The minimum absolute atomic E-state index is 0.595. The number of benzene rings is 8. The summed E-state index contributed by atoms with van der Waals surface area (Å²) in [7, 11) is 0. The number of fused-ring (bicyclic) bond motifs is 5. The molecule has 0 saturated heterocycles. The normalized spacial score (nSPS) is 11.4. The largest absolute Gasteiger partial charge is 0.455 e. The number of hydrogen-bond donors (Lipinski definition) is 0. The topological polar surface area (TPSA) is 51.8 Å². The fourth-order valence-corrected chi connectivity index (χ4v) is 7.24. The molecule has 0 radical (unpaired) electrons. The molecule has 2 aromatic heterocycles. The molecule has 0 spiro atoms. The van der Waals surface area contributed by atoms with E-state index in [1.54, 1.807) is 0 Å². The Hall–Kier alpha value is -7.17. The third kappa shape index (κ3) is 5.63. The lowest BCUT2D eigenvalue weighted by molar-refractivity contribution is 0.672. The fraction of sp³-hybridized carbons (Fsp3) is 0. The van der Waals surface area contributed by atoms with E-state index in [1.165, 1.54) is 11.1 Å². The summed E-state index contributed by atoms with van der Waals surface area (Å²) >= 11 is 0. The molecule has 0 bridgehead atoms. The Labute approximate surface area is 306 Å². The Morgan fingerprint density at radius 1 is 0.321 bits per heavy atom. The van der Waals surface area contributed by atoms with Crippen molar-refractivity contribution in [2.75, 3.05) is 0 Å². The van der Waals surface area contributed by atoms with Crippen LogP contribution < -0.4 is 0 Å². The van der Waals surface area contributed by atoms with Gasteiger partial charge in [0.05, 0.1) is 0 Å². The molecule has 0 unspecified atom stereocenters. The average Bonchev–Trinajstić information content (AvgIpc) is 3.64. The van der Waals surface area contributed by atoms with Gasteiger partial charge in [-0.2, -0.15) is 0 Å². The molecule has 10 rings (SSSR count). The number of rotatable bonds is 6. The van der Waals surface area contributed by atoms with Gasteiger partial charge in [0.25, 0.3) is 0 Å². The van der Waals surface area contributed by atoms with E-state index in [-0.39, 0.29) is 0 Å². The highest BCUT2D eigenvalue weighted by Crippen LogP contribution is 2.42. The van der Waals surface area contributed by atoms with Gasteiger partial charge in [0, 0.05) is 32.8 Å². The van der Waals surface area contributed by atoms with Gasteiger partial charge in [0.1, 0.15) is 11.2 Å². The highest BCUT2D eigenvalue weighted by atomic mass is 16.3. The Kier molecular flexibility index (Phi) is 7.43. The molecule has 0 atom stereocenters. The first kappa shape index (κ1) is 30.6. The maximum Gasteiger partial charge on any atom is 0.164 e. The van der Waals surface area contributed by atoms with E-state index in [0.29, 0.717) is 17.5 Å². The number of nitrogens with zero attached hydrogens (tertiary/aromatic N) is 3. The van der Waals surface area contributed by atoms with Gasteiger partial charge in [0.2, 0.25) is 0 Å². The summed E-state index contributed by atoms with van der Waals surface area (Å²) in [4.78, 5) is 15.4. The molecule has 0 N–H and O–H groups in total. The first-order chi connectivity index (χ1) is 26.2. The quantitative estimate of drug-likeness (QED) is 0.176. The summed E-state index contributed by atoms with van der Waals surface area (Å²) < 4.78 is 6.62. The number of para-hydroxylation sites is 1. The zero-order valence-corrected chi connectivity index (χ0v) is 28.6. The van der Waals surface area contributed by atoms with Crippen LogP contribution in [0, 0.1) is 0 Å². The van der Waals surface area contributed by atoms with Crippen LogP contribution in [0.4, 0.5) is 0 Å². The van der Waals surface area contributed by atoms with Crippen LogP contribution in [0.2, 0.25) is 0 Å². The monoisotopic (exact) mass is 677 g/mol. The van der Waals surface area contributed by atoms with E-state index in [1.807, 2.05) is 54.6 Å². The molecule has 0 aliphatic rings. The molecule has 0 fully saturated rings. The highest BCUT2D eigenvalue weighted by molar-refractivity contribution is 6.21. The van der Waals surface area contributed by atoms with E-state index in [4.69, 9.17) is 19.4 Å². The van der Waals surface area contributed by atoms with Gasteiger partial charge in [-0.3, -0.25) is 0 Å². The molecule has 0 aliphatic carbocycles. The smallest absolute Gasteiger partial charge is 0.164 e. The number of aromatic nitrogens is 3. The second kappa shape index (κ2) is 12.9. The third-order valence-corrected chi connectivity index (χ3v) is 9.94. The van der Waals surface area contributed by atoms with E-state index < -0.39 is 0 Å². The maximum atomic E-state index is 6.62. The zero-order chi connectivity index (χ0) is 35.1. The van der Waals surface area contributed by atoms with Crippen molar-refractivity contribution in [2.45, 2.75) is 0 Å². The van der Waals surface area contributed by atoms with Crippen molar-refractivity contribution in [1.82, 2.24) is 15.0 Å². The van der Waals surface area contributed by atoms with E-state index >= 15 is 0 Å². The third-order valence-electron chi connectivity index (χ3n) is 9.94. The summed E-state index contributed by atoms with van der Waals surface area (Å²) in [6, 6.07) is 65.2. The van der Waals surface area contributed by atoms with Crippen LogP contribution in [-0.4, -0.2) is 15.0 Å². The van der Waals surface area contributed by atoms with Gasteiger partial charge in [0.15, 0.2) is 17.5 Å². The van der Waals surface area contributed by atoms with Crippen LogP contribution in [0.25, 0.3) is 100 Å². The zero-order valence-electron chi connectivity index (χ0n) is 28.6. The summed E-state index contributed by atoms with van der Waals surface area (Å²) in [6.45, 7) is 0. The van der Waals surface area contributed by atoms with E-state index in [9.17, 15) is 0 Å². The lowest BCUT2D eigenvalue weighted by Crippen LogP contribution is -2.00. The van der Waals surface area contributed by atoms with E-state index in [2.05, 4.69) is 133 Å². The Balaban J connectivity index is 1.13. The molecule has 0 amide bonds. The standard InChI is InChI=1S/C49H31N3O/c1-4-12-32(13-5-1)34-20-22-35(23-21-34)36-24-26-38(27-25-36)48-50-47(37-16-8-3-9-17-37)51-49(52-48)43-31-40-30-39(33-14-6-2-7-15-33)28-29-41(40)46-45(43)42-18-10-11-19-44(42)53-46/h1-31H. The predicted octanol–water partition coefficient (Wildman–Crippen LogP) is 12.9. The molecule has 8 aromatic carbocycles. The molecule has 10 aromatic rings. The maximum absolute atomic E-state index is 6.62. The molecule has 0 saturated carbocycles. The van der Waals surface area contributed by atoms with Gasteiger partial charge in [-0.05, 0) is 63.0 Å². The van der Waals surface area contributed by atoms with Gasteiger partial charge >= 0.3 is 0 Å². The molecule has 4 nitrogen and oxygen atoms in total. The highest BCUT2D eigenvalue weighted by Gasteiger charge is 2.20. The van der Waals surface area contributed by atoms with Crippen molar-refractivity contribution >= 4 is 32.7 Å². The lowest BCUT2D eigenvalue weighted by Gasteiger charge is -2.12. The lowest BCUT2D eigenvalue weighted by atomic mass is 9.96. The van der Waals surface area contributed by atoms with Crippen molar-refractivity contribution in [2.24, 2.45) is 0 Å². The van der Waals surface area contributed by atoms with Crippen LogP contribution >= 0.6 is 0 Å². The fourth-order valence-electron chi connectivity index (χ4n) is 7.24. The van der Waals surface area contributed by atoms with Crippen LogP contribution in [0.5, 0.6) is 0 Å². The van der Waals surface area contributed by atoms with Gasteiger partial charge in [-0.25, -0.2) is 15.0 Å². The molecule has 2 heterocycles. The van der Waals surface area contributed by atoms with Crippen molar-refractivity contribution < 1.29 is 4.42 Å². The summed E-state index contributed by atoms with van der Waals surface area (Å²) in [6.07, 6.45) is 0. The summed E-state index contributed by atoms with van der Waals surface area (Å²) in [5.74, 6) is 1.82. The number of furan rings is 1. The predicted molar refractivity (Wildman–Crippen MR) is 217 cm³/mol. The number of hydrogen-bond acceptors (Lipinski definition) is 4. The molecular formula is C49H31N3O. The molecule has 0 aliphatic heterocycles. The van der Waals surface area contributed by atoms with Crippen LogP contribution in [0.1, 0.15) is 0 Å². The van der Waals surface area contributed by atoms with E-state index in [0.717, 1.165) is 71.7 Å². The first-order valence-corrected chi connectivity index (χ1v) is 17.8. The molecule has 248 valence electrons. The molecule has 4 heteroatoms. The average molecular weight is 678 g/mol. The Bertz CT molecular complexity index is 2900. The van der Waals surface area contributed by atoms with Crippen molar-refractivity contribution in [3.63, 3.8) is 0 Å². The van der Waals surface area contributed by atoms with Crippen LogP contribution in [-0.2, 0) is 0 Å². The summed E-state index contributed by atoms with van der Waals surface area (Å²) in [5.41, 5.74) is 11.4. The van der Waals surface area contributed by atoms with Crippen molar-refractivity contribution in [3.8, 4) is 67.5 Å².